The van der Waals surface area contributed by atoms with Gasteiger partial charge in [-0.3, -0.25) is 0 Å². The van der Waals surface area contributed by atoms with Crippen molar-refractivity contribution in [1.29, 1.82) is 0 Å². The molecule has 0 aliphatic heterocycles. The second-order valence-corrected chi connectivity index (χ2v) is 4.46. The molecule has 0 fully saturated rings. The van der Waals surface area contributed by atoms with E-state index in [-0.39, 0.29) is 6.10 Å². The van der Waals surface area contributed by atoms with Gasteiger partial charge in [-0.25, -0.2) is 0 Å². The van der Waals surface area contributed by atoms with Crippen molar-refractivity contribution < 1.29 is 10.2 Å². The summed E-state index contributed by atoms with van der Waals surface area (Å²) in [6, 6.07) is 0. The number of aliphatic hydroxyl groups is 2. The lowest BCUT2D eigenvalue weighted by atomic mass is 9.97. The molecule has 14 heavy (non-hydrogen) atoms. The molecule has 0 heterocycles. The fourth-order valence-corrected chi connectivity index (χ4v) is 1.68. The van der Waals surface area contributed by atoms with Crippen LogP contribution in [-0.2, 0) is 0 Å². The molecule has 86 valence electrons. The minimum absolute atomic E-state index is 0.139. The second-order valence-electron chi connectivity index (χ2n) is 4.46. The minimum atomic E-state index is -0.139. The first-order valence-electron chi connectivity index (χ1n) is 5.95. The predicted molar refractivity (Wildman–Crippen MR) is 60.2 cm³/mol. The lowest BCUT2D eigenvalue weighted by Crippen LogP contribution is -2.00. The van der Waals surface area contributed by atoms with Crippen molar-refractivity contribution in [3.05, 3.63) is 0 Å². The van der Waals surface area contributed by atoms with Crippen LogP contribution in [0.25, 0.3) is 0 Å². The minimum Gasteiger partial charge on any atom is -0.396 e. The van der Waals surface area contributed by atoms with Crippen LogP contribution in [-0.4, -0.2) is 22.9 Å². The summed E-state index contributed by atoms with van der Waals surface area (Å²) in [6.45, 7) is 4.46. The van der Waals surface area contributed by atoms with Gasteiger partial charge < -0.3 is 10.2 Å². The summed E-state index contributed by atoms with van der Waals surface area (Å²) >= 11 is 0. The van der Waals surface area contributed by atoms with Gasteiger partial charge in [-0.1, -0.05) is 39.0 Å². The highest BCUT2D eigenvalue weighted by Crippen LogP contribution is 2.16. The third-order valence-corrected chi connectivity index (χ3v) is 2.67. The molecule has 0 aromatic carbocycles. The SMILES string of the molecule is CC(O)CCCCC(C)CCCCO. The lowest BCUT2D eigenvalue weighted by molar-refractivity contribution is 0.179. The quantitative estimate of drug-likeness (QED) is 0.564. The third-order valence-electron chi connectivity index (χ3n) is 2.67. The summed E-state index contributed by atoms with van der Waals surface area (Å²) in [4.78, 5) is 0. The summed E-state index contributed by atoms with van der Waals surface area (Å²) in [6.07, 6.45) is 7.75. The zero-order chi connectivity index (χ0) is 10.8. The topological polar surface area (TPSA) is 40.5 Å². The van der Waals surface area contributed by atoms with Crippen LogP contribution >= 0.6 is 0 Å². The Morgan fingerprint density at radius 3 is 1.86 bits per heavy atom. The van der Waals surface area contributed by atoms with Gasteiger partial charge in [0.15, 0.2) is 0 Å². The van der Waals surface area contributed by atoms with E-state index in [1.165, 1.54) is 19.3 Å². The van der Waals surface area contributed by atoms with E-state index in [4.69, 9.17) is 10.2 Å². The standard InChI is InChI=1S/C12H26O2/c1-11(8-5-6-10-13)7-3-4-9-12(2)14/h11-14H,3-10H2,1-2H3. The molecule has 0 aliphatic carbocycles. The molecule has 0 saturated carbocycles. The Kier molecular flexibility index (Phi) is 9.42. The van der Waals surface area contributed by atoms with E-state index in [0.29, 0.717) is 6.61 Å². The Hall–Kier alpha value is -0.0800. The molecule has 2 atom stereocenters. The molecular formula is C12H26O2. The average molecular weight is 202 g/mol. The van der Waals surface area contributed by atoms with Gasteiger partial charge in [-0.2, -0.15) is 0 Å². The van der Waals surface area contributed by atoms with E-state index in [1.54, 1.807) is 0 Å². The molecule has 0 aliphatic rings. The molecule has 0 rings (SSSR count). The van der Waals surface area contributed by atoms with Crippen molar-refractivity contribution in [2.45, 2.75) is 64.9 Å². The van der Waals surface area contributed by atoms with Crippen molar-refractivity contribution in [1.82, 2.24) is 0 Å². The molecule has 2 N–H and O–H groups in total. The van der Waals surface area contributed by atoms with E-state index in [0.717, 1.165) is 31.6 Å². The highest BCUT2D eigenvalue weighted by atomic mass is 16.3. The third kappa shape index (κ3) is 10.0. The molecular weight excluding hydrogens is 176 g/mol. The molecule has 2 nitrogen and oxygen atoms in total. The number of hydrogen-bond acceptors (Lipinski definition) is 2. The van der Waals surface area contributed by atoms with E-state index in [2.05, 4.69) is 6.92 Å². The largest absolute Gasteiger partial charge is 0.396 e. The summed E-state index contributed by atoms with van der Waals surface area (Å²) in [5.74, 6) is 0.774. The molecule has 0 bridgehead atoms. The maximum absolute atomic E-state index is 9.06. The van der Waals surface area contributed by atoms with Crippen molar-refractivity contribution in [3.63, 3.8) is 0 Å². The highest BCUT2D eigenvalue weighted by Gasteiger charge is 2.02. The van der Waals surface area contributed by atoms with E-state index in [1.807, 2.05) is 6.92 Å². The van der Waals surface area contributed by atoms with Crippen LogP contribution in [0.15, 0.2) is 0 Å². The molecule has 0 amide bonds. The normalized spacial score (nSPS) is 15.4. The van der Waals surface area contributed by atoms with Crippen LogP contribution in [0.3, 0.4) is 0 Å². The van der Waals surface area contributed by atoms with Gasteiger partial charge in [0.05, 0.1) is 6.10 Å². The first kappa shape index (κ1) is 13.9. The fraction of sp³-hybridized carbons (Fsp3) is 1.00. The predicted octanol–water partition coefficient (Wildman–Crippen LogP) is 2.73. The monoisotopic (exact) mass is 202 g/mol. The van der Waals surface area contributed by atoms with Crippen LogP contribution in [0.1, 0.15) is 58.8 Å². The van der Waals surface area contributed by atoms with Crippen molar-refractivity contribution in [2.24, 2.45) is 5.92 Å². The van der Waals surface area contributed by atoms with Gasteiger partial charge in [0.25, 0.3) is 0 Å². The van der Waals surface area contributed by atoms with Gasteiger partial charge in [0.1, 0.15) is 0 Å². The van der Waals surface area contributed by atoms with Crippen LogP contribution in [0.4, 0.5) is 0 Å². The van der Waals surface area contributed by atoms with Crippen LogP contribution in [0, 0.1) is 5.92 Å². The van der Waals surface area contributed by atoms with Crippen LogP contribution in [0.2, 0.25) is 0 Å². The highest BCUT2D eigenvalue weighted by molar-refractivity contribution is 4.55. The molecule has 0 aromatic heterocycles. The molecule has 0 saturated heterocycles. The van der Waals surface area contributed by atoms with Gasteiger partial charge in [-0.05, 0) is 25.7 Å². The summed E-state index contributed by atoms with van der Waals surface area (Å²) in [7, 11) is 0. The van der Waals surface area contributed by atoms with Crippen molar-refractivity contribution in [2.75, 3.05) is 6.61 Å². The summed E-state index contributed by atoms with van der Waals surface area (Å²) in [5, 5.41) is 17.7. The maximum Gasteiger partial charge on any atom is 0.0512 e. The first-order chi connectivity index (χ1) is 6.66. The number of aliphatic hydroxyl groups excluding tert-OH is 2. The van der Waals surface area contributed by atoms with Gasteiger partial charge in [0.2, 0.25) is 0 Å². The number of hydrogen-bond donors (Lipinski definition) is 2. The smallest absolute Gasteiger partial charge is 0.0512 e. The fourth-order valence-electron chi connectivity index (χ4n) is 1.68. The molecule has 2 unspecified atom stereocenters. The zero-order valence-corrected chi connectivity index (χ0v) is 9.71. The molecule has 0 spiro atoms. The van der Waals surface area contributed by atoms with Gasteiger partial charge >= 0.3 is 0 Å². The van der Waals surface area contributed by atoms with Gasteiger partial charge in [-0.15, -0.1) is 0 Å². The Balaban J connectivity index is 3.14. The van der Waals surface area contributed by atoms with Crippen molar-refractivity contribution >= 4 is 0 Å². The number of unbranched alkanes of at least 4 members (excludes halogenated alkanes) is 2. The maximum atomic E-state index is 9.06. The zero-order valence-electron chi connectivity index (χ0n) is 9.71. The molecule has 2 heteroatoms. The molecule has 0 aromatic rings. The first-order valence-corrected chi connectivity index (χ1v) is 5.95. The van der Waals surface area contributed by atoms with E-state index < -0.39 is 0 Å². The lowest BCUT2D eigenvalue weighted by Gasteiger charge is -2.10. The Morgan fingerprint density at radius 2 is 1.36 bits per heavy atom. The summed E-state index contributed by atoms with van der Waals surface area (Å²) < 4.78 is 0. The number of rotatable bonds is 9. The van der Waals surface area contributed by atoms with Crippen molar-refractivity contribution in [3.8, 4) is 0 Å². The van der Waals surface area contributed by atoms with E-state index >= 15 is 0 Å². The average Bonchev–Trinajstić information content (AvgIpc) is 2.13. The second kappa shape index (κ2) is 9.47. The Morgan fingerprint density at radius 1 is 0.857 bits per heavy atom. The van der Waals surface area contributed by atoms with Gasteiger partial charge in [0, 0.05) is 6.61 Å². The Labute approximate surface area is 88.3 Å². The van der Waals surface area contributed by atoms with Crippen LogP contribution in [0.5, 0.6) is 0 Å². The summed E-state index contributed by atoms with van der Waals surface area (Å²) in [5.41, 5.74) is 0. The molecule has 0 radical (unpaired) electrons. The Bertz CT molecular complexity index is 113. The van der Waals surface area contributed by atoms with Crippen LogP contribution < -0.4 is 0 Å². The van der Waals surface area contributed by atoms with E-state index in [9.17, 15) is 0 Å².